The second-order valence-electron chi connectivity index (χ2n) is 7.36. The average molecular weight is 417 g/mol. The fourth-order valence-corrected chi connectivity index (χ4v) is 2.95. The van der Waals surface area contributed by atoms with Gasteiger partial charge in [0.15, 0.2) is 0 Å². The summed E-state index contributed by atoms with van der Waals surface area (Å²) in [6.45, 7) is 4.88. The van der Waals surface area contributed by atoms with Gasteiger partial charge in [0.1, 0.15) is 11.5 Å². The molecule has 0 heterocycles. The van der Waals surface area contributed by atoms with E-state index >= 15 is 0 Å². The van der Waals surface area contributed by atoms with Crippen LogP contribution in [0.2, 0.25) is 0 Å². The third kappa shape index (κ3) is 7.37. The van der Waals surface area contributed by atoms with Gasteiger partial charge >= 0.3 is 5.97 Å². The molecule has 0 N–H and O–H groups in total. The monoisotopic (exact) mass is 416 g/mol. The Bertz CT molecular complexity index is 996. The summed E-state index contributed by atoms with van der Waals surface area (Å²) in [5.41, 5.74) is 2.89. The number of hydrogen-bond acceptors (Lipinski definition) is 5. The molecule has 0 bridgehead atoms. The molecule has 0 spiro atoms. The molecule has 31 heavy (non-hydrogen) atoms. The van der Waals surface area contributed by atoms with Crippen LogP contribution in [0.15, 0.2) is 83.0 Å². The van der Waals surface area contributed by atoms with Gasteiger partial charge in [-0.2, -0.15) is 10.2 Å². The third-order valence-corrected chi connectivity index (χ3v) is 4.69. The first-order valence-electron chi connectivity index (χ1n) is 10.7. The van der Waals surface area contributed by atoms with Crippen molar-refractivity contribution in [3.8, 4) is 11.5 Å². The van der Waals surface area contributed by atoms with Crippen LogP contribution >= 0.6 is 0 Å². The Balaban J connectivity index is 1.51. The number of ether oxygens (including phenoxy) is 2. The molecule has 0 aliphatic carbocycles. The lowest BCUT2D eigenvalue weighted by atomic mass is 10.2. The Hall–Kier alpha value is -3.47. The molecular weight excluding hydrogens is 388 g/mol. The van der Waals surface area contributed by atoms with Crippen molar-refractivity contribution in [2.24, 2.45) is 10.2 Å². The van der Waals surface area contributed by atoms with E-state index in [9.17, 15) is 4.79 Å². The molecule has 3 rings (SSSR count). The Morgan fingerprint density at radius 3 is 2.13 bits per heavy atom. The average Bonchev–Trinajstić information content (AvgIpc) is 2.79. The first-order chi connectivity index (χ1) is 15.1. The van der Waals surface area contributed by atoms with Crippen molar-refractivity contribution in [1.29, 1.82) is 0 Å². The van der Waals surface area contributed by atoms with E-state index in [0.29, 0.717) is 17.0 Å². The highest BCUT2D eigenvalue weighted by Crippen LogP contribution is 2.22. The van der Waals surface area contributed by atoms with Crippen LogP contribution in [-0.2, 0) is 0 Å². The molecule has 0 saturated carbocycles. The van der Waals surface area contributed by atoms with E-state index in [2.05, 4.69) is 17.2 Å². The van der Waals surface area contributed by atoms with Crippen molar-refractivity contribution in [3.05, 3.63) is 83.9 Å². The first-order valence-corrected chi connectivity index (χ1v) is 10.7. The molecule has 0 aromatic heterocycles. The maximum atomic E-state index is 12.3. The van der Waals surface area contributed by atoms with Gasteiger partial charge in [0, 0.05) is 0 Å². The molecule has 5 heteroatoms. The number of benzene rings is 3. The predicted molar refractivity (Wildman–Crippen MR) is 123 cm³/mol. The van der Waals surface area contributed by atoms with Crippen LogP contribution in [0.1, 0.15) is 48.5 Å². The van der Waals surface area contributed by atoms with Gasteiger partial charge in [-0.1, -0.05) is 38.3 Å². The minimum Gasteiger partial charge on any atom is -0.494 e. The summed E-state index contributed by atoms with van der Waals surface area (Å²) in [5.74, 6) is 0.966. The minimum atomic E-state index is -0.403. The van der Waals surface area contributed by atoms with Gasteiger partial charge in [-0.15, -0.1) is 0 Å². The van der Waals surface area contributed by atoms with Crippen LogP contribution in [0, 0.1) is 6.92 Å². The van der Waals surface area contributed by atoms with Crippen LogP contribution < -0.4 is 9.47 Å². The summed E-state index contributed by atoms with van der Waals surface area (Å²) in [5, 5.41) is 8.47. The summed E-state index contributed by atoms with van der Waals surface area (Å²) in [6.07, 6.45) is 4.74. The number of rotatable bonds is 10. The second kappa shape index (κ2) is 11.6. The van der Waals surface area contributed by atoms with E-state index in [1.165, 1.54) is 19.3 Å². The number of nitrogens with zero attached hydrogens (tertiary/aromatic N) is 2. The van der Waals surface area contributed by atoms with Crippen molar-refractivity contribution in [2.45, 2.75) is 39.5 Å². The lowest BCUT2D eigenvalue weighted by Gasteiger charge is -2.06. The third-order valence-electron chi connectivity index (χ3n) is 4.69. The topological polar surface area (TPSA) is 60.2 Å². The highest BCUT2D eigenvalue weighted by atomic mass is 16.5. The molecule has 0 fully saturated rings. The number of unbranched alkanes of at least 4 members (excludes halogenated alkanes) is 3. The molecule has 160 valence electrons. The zero-order valence-corrected chi connectivity index (χ0v) is 18.1. The lowest BCUT2D eigenvalue weighted by molar-refractivity contribution is 0.0735. The number of azo groups is 1. The van der Waals surface area contributed by atoms with Gasteiger partial charge in [-0.3, -0.25) is 0 Å². The maximum absolute atomic E-state index is 12.3. The minimum absolute atomic E-state index is 0.403. The van der Waals surface area contributed by atoms with Crippen molar-refractivity contribution < 1.29 is 14.3 Å². The molecule has 0 radical (unpaired) electrons. The highest BCUT2D eigenvalue weighted by molar-refractivity contribution is 5.91. The zero-order valence-electron chi connectivity index (χ0n) is 18.1. The van der Waals surface area contributed by atoms with Gasteiger partial charge in [0.05, 0.1) is 23.5 Å². The molecule has 3 aromatic carbocycles. The number of carbonyl (C=O) groups is 1. The van der Waals surface area contributed by atoms with Crippen molar-refractivity contribution in [2.75, 3.05) is 6.61 Å². The van der Waals surface area contributed by atoms with E-state index in [-0.39, 0.29) is 0 Å². The molecule has 0 aliphatic rings. The van der Waals surface area contributed by atoms with Gasteiger partial charge < -0.3 is 9.47 Å². The molecule has 0 saturated heterocycles. The van der Waals surface area contributed by atoms with Crippen molar-refractivity contribution >= 4 is 17.3 Å². The molecule has 0 unspecified atom stereocenters. The molecule has 0 amide bonds. The van der Waals surface area contributed by atoms with E-state index in [1.54, 1.807) is 30.3 Å². The number of hydrogen-bond donors (Lipinski definition) is 0. The van der Waals surface area contributed by atoms with Crippen LogP contribution in [-0.4, -0.2) is 12.6 Å². The highest BCUT2D eigenvalue weighted by Gasteiger charge is 2.08. The standard InChI is InChI=1S/C26H28N2O3/c1-3-4-5-6-18-30-24-16-14-23(15-17-24)28-27-22-12-10-21(11-13-22)26(29)31-25-9-7-8-20(2)19-25/h7-17,19H,3-6,18H2,1-2H3. The molecule has 0 aliphatic heterocycles. The van der Waals surface area contributed by atoms with Gasteiger partial charge in [-0.25, -0.2) is 4.79 Å². The fourth-order valence-electron chi connectivity index (χ4n) is 2.95. The Labute approximate surface area is 183 Å². The summed E-state index contributed by atoms with van der Waals surface area (Å²) in [6, 6.07) is 21.8. The van der Waals surface area contributed by atoms with Gasteiger partial charge in [-0.05, 0) is 79.6 Å². The molecule has 0 atom stereocenters. The quantitative estimate of drug-likeness (QED) is 0.148. The Kier molecular flexibility index (Phi) is 8.35. The Morgan fingerprint density at radius 2 is 1.48 bits per heavy atom. The van der Waals surface area contributed by atoms with Crippen molar-refractivity contribution in [1.82, 2.24) is 0 Å². The summed E-state index contributed by atoms with van der Waals surface area (Å²) >= 11 is 0. The zero-order chi connectivity index (χ0) is 21.9. The number of esters is 1. The summed E-state index contributed by atoms with van der Waals surface area (Å²) in [4.78, 5) is 12.3. The lowest BCUT2D eigenvalue weighted by Crippen LogP contribution is -2.08. The van der Waals surface area contributed by atoms with Crippen LogP contribution in [0.5, 0.6) is 11.5 Å². The molecule has 5 nitrogen and oxygen atoms in total. The summed E-state index contributed by atoms with van der Waals surface area (Å²) < 4.78 is 11.1. The van der Waals surface area contributed by atoms with E-state index < -0.39 is 5.97 Å². The van der Waals surface area contributed by atoms with Crippen LogP contribution in [0.3, 0.4) is 0 Å². The normalized spacial score (nSPS) is 10.9. The maximum Gasteiger partial charge on any atom is 0.343 e. The van der Waals surface area contributed by atoms with E-state index in [1.807, 2.05) is 49.4 Å². The molecular formula is C26H28N2O3. The van der Waals surface area contributed by atoms with Crippen LogP contribution in [0.25, 0.3) is 0 Å². The largest absolute Gasteiger partial charge is 0.494 e. The van der Waals surface area contributed by atoms with Crippen molar-refractivity contribution in [3.63, 3.8) is 0 Å². The smallest absolute Gasteiger partial charge is 0.343 e. The first kappa shape index (κ1) is 22.2. The number of carbonyl (C=O) groups excluding carboxylic acids is 1. The van der Waals surface area contributed by atoms with Gasteiger partial charge in [0.25, 0.3) is 0 Å². The van der Waals surface area contributed by atoms with E-state index in [0.717, 1.165) is 30.0 Å². The van der Waals surface area contributed by atoms with E-state index in [4.69, 9.17) is 9.47 Å². The van der Waals surface area contributed by atoms with Crippen LogP contribution in [0.4, 0.5) is 11.4 Å². The summed E-state index contributed by atoms with van der Waals surface area (Å²) in [7, 11) is 0. The fraction of sp³-hybridized carbons (Fsp3) is 0.269. The van der Waals surface area contributed by atoms with Gasteiger partial charge in [0.2, 0.25) is 0 Å². The number of aryl methyl sites for hydroxylation is 1. The SMILES string of the molecule is CCCCCCOc1ccc(N=Nc2ccc(C(=O)Oc3cccc(C)c3)cc2)cc1. The predicted octanol–water partition coefficient (Wildman–Crippen LogP) is 7.59. The Morgan fingerprint density at radius 1 is 0.806 bits per heavy atom. The molecule has 3 aromatic rings. The second-order valence-corrected chi connectivity index (χ2v) is 7.36.